The number of aryl methyl sites for hydroxylation is 1. The Kier molecular flexibility index (Phi) is 6.54. The van der Waals surface area contributed by atoms with Crippen molar-refractivity contribution in [3.8, 4) is 17.2 Å². The molecule has 5 rings (SSSR count). The van der Waals surface area contributed by atoms with Gasteiger partial charge in [0.05, 0.1) is 20.4 Å². The zero-order valence-corrected chi connectivity index (χ0v) is 22.7. The van der Waals surface area contributed by atoms with Crippen molar-refractivity contribution in [1.82, 2.24) is 19.3 Å². The van der Waals surface area contributed by atoms with Crippen LogP contribution in [0.5, 0.6) is 17.2 Å². The number of rotatable bonds is 6. The van der Waals surface area contributed by atoms with Crippen LogP contribution in [0.4, 0.5) is 0 Å². The van der Waals surface area contributed by atoms with E-state index in [1.165, 1.54) is 32.5 Å². The standard InChI is InChI=1S/C25H23BrN4O6S/c1-29-24-19(14-27-29)25(31)30-10-4-5-16(23(30)28-24)11-15-12-20(34-2)22(21(13-15)35-3)36-37(32,33)18-8-6-17(26)7-9-18/h6-9,11-14H,4-5,10H2,1-3H3/b16-11+. The molecule has 4 aromatic rings. The third kappa shape index (κ3) is 4.62. The Morgan fingerprint density at radius 2 is 1.76 bits per heavy atom. The predicted octanol–water partition coefficient (Wildman–Crippen LogP) is 4.01. The van der Waals surface area contributed by atoms with Gasteiger partial charge in [-0.2, -0.15) is 13.5 Å². The van der Waals surface area contributed by atoms with Gasteiger partial charge >= 0.3 is 10.1 Å². The van der Waals surface area contributed by atoms with Crippen LogP contribution in [0, 0.1) is 0 Å². The largest absolute Gasteiger partial charge is 0.493 e. The number of halogens is 1. The molecule has 0 radical (unpaired) electrons. The molecule has 12 heteroatoms. The van der Waals surface area contributed by atoms with Gasteiger partial charge in [0.25, 0.3) is 5.56 Å². The van der Waals surface area contributed by atoms with Gasteiger partial charge in [-0.1, -0.05) is 15.9 Å². The molecule has 10 nitrogen and oxygen atoms in total. The summed E-state index contributed by atoms with van der Waals surface area (Å²) in [5, 5.41) is 4.65. The molecule has 0 fully saturated rings. The Balaban J connectivity index is 1.58. The number of ether oxygens (including phenoxy) is 2. The molecule has 3 heterocycles. The van der Waals surface area contributed by atoms with Gasteiger partial charge < -0.3 is 13.7 Å². The van der Waals surface area contributed by atoms with Crippen molar-refractivity contribution in [3.63, 3.8) is 0 Å². The summed E-state index contributed by atoms with van der Waals surface area (Å²) in [6.07, 6.45) is 4.90. The molecular formula is C25H23BrN4O6S. The zero-order chi connectivity index (χ0) is 26.3. The summed E-state index contributed by atoms with van der Waals surface area (Å²) >= 11 is 3.29. The summed E-state index contributed by atoms with van der Waals surface area (Å²) in [5.74, 6) is 0.860. The van der Waals surface area contributed by atoms with Crippen LogP contribution >= 0.6 is 15.9 Å². The fourth-order valence-corrected chi connectivity index (χ4v) is 5.49. The molecule has 37 heavy (non-hydrogen) atoms. The first-order chi connectivity index (χ1) is 17.7. The average Bonchev–Trinajstić information content (AvgIpc) is 3.26. The molecule has 2 aromatic heterocycles. The Morgan fingerprint density at radius 3 is 2.41 bits per heavy atom. The first-order valence-corrected chi connectivity index (χ1v) is 13.5. The minimum atomic E-state index is -4.15. The molecule has 0 spiro atoms. The quantitative estimate of drug-likeness (QED) is 0.311. The van der Waals surface area contributed by atoms with E-state index < -0.39 is 10.1 Å². The average molecular weight is 587 g/mol. The van der Waals surface area contributed by atoms with Crippen LogP contribution in [-0.2, 0) is 23.7 Å². The first kappa shape index (κ1) is 25.0. The second-order valence-corrected chi connectivity index (χ2v) is 10.9. The van der Waals surface area contributed by atoms with E-state index in [2.05, 4.69) is 21.0 Å². The van der Waals surface area contributed by atoms with Crippen LogP contribution in [0.1, 0.15) is 24.2 Å². The molecule has 1 aliphatic rings. The fraction of sp³-hybridized carbons (Fsp3) is 0.240. The second-order valence-electron chi connectivity index (χ2n) is 8.42. The van der Waals surface area contributed by atoms with Gasteiger partial charge in [-0.15, -0.1) is 0 Å². The lowest BCUT2D eigenvalue weighted by molar-refractivity contribution is 0.360. The Bertz CT molecular complexity index is 1680. The van der Waals surface area contributed by atoms with E-state index in [1.807, 2.05) is 6.08 Å². The Labute approximate surface area is 221 Å². The summed E-state index contributed by atoms with van der Waals surface area (Å²) < 4.78 is 46.3. The highest BCUT2D eigenvalue weighted by molar-refractivity contribution is 9.10. The van der Waals surface area contributed by atoms with Crippen molar-refractivity contribution in [2.45, 2.75) is 24.3 Å². The maximum absolute atomic E-state index is 13.0. The van der Waals surface area contributed by atoms with Crippen LogP contribution < -0.4 is 19.2 Å². The summed E-state index contributed by atoms with van der Waals surface area (Å²) in [7, 11) is 0.428. The van der Waals surface area contributed by atoms with E-state index in [0.29, 0.717) is 35.4 Å². The van der Waals surface area contributed by atoms with Crippen LogP contribution in [0.15, 0.2) is 56.8 Å². The van der Waals surface area contributed by atoms with Crippen LogP contribution in [0.25, 0.3) is 22.7 Å². The number of nitrogens with zero attached hydrogens (tertiary/aromatic N) is 4. The molecule has 0 N–H and O–H groups in total. The van der Waals surface area contributed by atoms with Gasteiger partial charge in [0.1, 0.15) is 16.1 Å². The third-order valence-corrected chi connectivity index (χ3v) is 7.85. The predicted molar refractivity (Wildman–Crippen MR) is 141 cm³/mol. The lowest BCUT2D eigenvalue weighted by Crippen LogP contribution is -2.27. The summed E-state index contributed by atoms with van der Waals surface area (Å²) in [4.78, 5) is 17.7. The Morgan fingerprint density at radius 1 is 1.08 bits per heavy atom. The molecule has 2 aromatic carbocycles. The number of aromatic nitrogens is 4. The number of methoxy groups -OCH3 is 2. The summed E-state index contributed by atoms with van der Waals surface area (Å²) in [6.45, 7) is 0.566. The normalized spacial score (nSPS) is 14.5. The van der Waals surface area contributed by atoms with Crippen molar-refractivity contribution in [1.29, 1.82) is 0 Å². The highest BCUT2D eigenvalue weighted by Gasteiger charge is 2.25. The molecule has 0 atom stereocenters. The van der Waals surface area contributed by atoms with Gasteiger partial charge in [0.2, 0.25) is 5.75 Å². The highest BCUT2D eigenvalue weighted by atomic mass is 79.9. The van der Waals surface area contributed by atoms with Gasteiger partial charge in [-0.25, -0.2) is 4.98 Å². The maximum Gasteiger partial charge on any atom is 0.339 e. The lowest BCUT2D eigenvalue weighted by Gasteiger charge is -2.20. The fourth-order valence-electron chi connectivity index (χ4n) is 4.27. The third-order valence-electron chi connectivity index (χ3n) is 6.08. The minimum Gasteiger partial charge on any atom is -0.493 e. The van der Waals surface area contributed by atoms with Crippen molar-refractivity contribution in [3.05, 3.63) is 68.8 Å². The Hall–Kier alpha value is -3.64. The van der Waals surface area contributed by atoms with E-state index in [0.717, 1.165) is 16.5 Å². The SMILES string of the molecule is COc1cc(/C=C2\CCCn3c2nc2c(cnn2C)c3=O)cc(OC)c1OS(=O)(=O)c1ccc(Br)cc1. The van der Waals surface area contributed by atoms with Crippen LogP contribution in [0.2, 0.25) is 0 Å². The molecule has 0 amide bonds. The van der Waals surface area contributed by atoms with Gasteiger partial charge in [-0.3, -0.25) is 14.0 Å². The number of allylic oxidation sites excluding steroid dienone is 1. The molecule has 0 aliphatic carbocycles. The van der Waals surface area contributed by atoms with E-state index in [9.17, 15) is 13.2 Å². The zero-order valence-electron chi connectivity index (χ0n) is 20.3. The highest BCUT2D eigenvalue weighted by Crippen LogP contribution is 2.41. The minimum absolute atomic E-state index is 0.0113. The van der Waals surface area contributed by atoms with Crippen molar-refractivity contribution in [2.24, 2.45) is 7.05 Å². The van der Waals surface area contributed by atoms with E-state index in [-0.39, 0.29) is 27.7 Å². The van der Waals surface area contributed by atoms with E-state index >= 15 is 0 Å². The summed E-state index contributed by atoms with van der Waals surface area (Å²) in [5.41, 5.74) is 1.91. The van der Waals surface area contributed by atoms with Gasteiger partial charge in [-0.05, 0) is 66.5 Å². The number of benzene rings is 2. The molecule has 0 unspecified atom stereocenters. The molecular weight excluding hydrogens is 564 g/mol. The molecule has 0 bridgehead atoms. The van der Waals surface area contributed by atoms with Crippen molar-refractivity contribution in [2.75, 3.05) is 14.2 Å². The monoisotopic (exact) mass is 586 g/mol. The number of hydrogen-bond donors (Lipinski definition) is 0. The van der Waals surface area contributed by atoms with Gasteiger partial charge in [0, 0.05) is 18.1 Å². The van der Waals surface area contributed by atoms with E-state index in [1.54, 1.807) is 40.6 Å². The van der Waals surface area contributed by atoms with Gasteiger partial charge in [0.15, 0.2) is 17.1 Å². The van der Waals surface area contributed by atoms with Crippen molar-refractivity contribution < 1.29 is 22.1 Å². The number of fused-ring (bicyclic) bond motifs is 2. The van der Waals surface area contributed by atoms with Crippen molar-refractivity contribution >= 4 is 48.7 Å². The smallest absolute Gasteiger partial charge is 0.339 e. The number of hydrogen-bond acceptors (Lipinski definition) is 8. The molecule has 192 valence electrons. The lowest BCUT2D eigenvalue weighted by atomic mass is 10.0. The van der Waals surface area contributed by atoms with Crippen LogP contribution in [0.3, 0.4) is 0 Å². The second kappa shape index (κ2) is 9.67. The first-order valence-electron chi connectivity index (χ1n) is 11.3. The molecule has 0 saturated heterocycles. The topological polar surface area (TPSA) is 115 Å². The van der Waals surface area contributed by atoms with Crippen LogP contribution in [-0.4, -0.2) is 42.0 Å². The summed E-state index contributed by atoms with van der Waals surface area (Å²) in [6, 6.07) is 9.40. The van der Waals surface area contributed by atoms with E-state index in [4.69, 9.17) is 18.6 Å². The maximum atomic E-state index is 13.0. The molecule has 1 aliphatic heterocycles. The molecule has 0 saturated carbocycles.